The van der Waals surface area contributed by atoms with Crippen molar-refractivity contribution in [2.75, 3.05) is 4.90 Å². The monoisotopic (exact) mass is 606 g/mol. The van der Waals surface area contributed by atoms with E-state index in [4.69, 9.17) is 44.3 Å². The first-order valence-electron chi connectivity index (χ1n) is 12.3. The van der Waals surface area contributed by atoms with Crippen LogP contribution in [-0.2, 0) is 22.8 Å². The Balaban J connectivity index is 1.29. The second kappa shape index (κ2) is 12.5. The molecule has 1 aliphatic heterocycles. The van der Waals surface area contributed by atoms with Gasteiger partial charge >= 0.3 is 6.03 Å². The van der Waals surface area contributed by atoms with Crippen LogP contribution in [0.1, 0.15) is 16.7 Å². The van der Waals surface area contributed by atoms with Gasteiger partial charge in [-0.05, 0) is 71.8 Å². The molecule has 4 aromatic rings. The van der Waals surface area contributed by atoms with Gasteiger partial charge in [0.05, 0.1) is 10.7 Å². The number of nitrogens with zero attached hydrogens (tertiary/aromatic N) is 1. The van der Waals surface area contributed by atoms with Crippen LogP contribution >= 0.6 is 34.8 Å². The van der Waals surface area contributed by atoms with Gasteiger partial charge in [0.2, 0.25) is 0 Å². The molecular weight excluding hydrogens is 587 g/mol. The van der Waals surface area contributed by atoms with Crippen molar-refractivity contribution in [2.45, 2.75) is 13.2 Å². The lowest BCUT2D eigenvalue weighted by atomic mass is 10.1. The molecule has 206 valence electrons. The molecule has 0 aromatic heterocycles. The lowest BCUT2D eigenvalue weighted by Crippen LogP contribution is -2.54. The van der Waals surface area contributed by atoms with Crippen molar-refractivity contribution in [1.29, 1.82) is 0 Å². The molecule has 0 radical (unpaired) electrons. The highest BCUT2D eigenvalue weighted by Gasteiger charge is 2.36. The summed E-state index contributed by atoms with van der Waals surface area (Å²) < 4.78 is 11.6. The van der Waals surface area contributed by atoms with Crippen LogP contribution in [0.3, 0.4) is 0 Å². The Morgan fingerprint density at radius 3 is 2.27 bits per heavy atom. The van der Waals surface area contributed by atoms with Crippen molar-refractivity contribution in [2.24, 2.45) is 0 Å². The third-order valence-electron chi connectivity index (χ3n) is 6.10. The summed E-state index contributed by atoms with van der Waals surface area (Å²) in [7, 11) is 0. The zero-order valence-electron chi connectivity index (χ0n) is 21.3. The molecule has 0 bridgehead atoms. The number of ether oxygens (including phenoxy) is 2. The normalized spacial score (nSPS) is 14.3. The van der Waals surface area contributed by atoms with Crippen molar-refractivity contribution in [3.05, 3.63) is 128 Å². The molecule has 0 atom stereocenters. The van der Waals surface area contributed by atoms with Crippen LogP contribution in [0.15, 0.2) is 96.6 Å². The van der Waals surface area contributed by atoms with E-state index in [0.29, 0.717) is 27.1 Å². The van der Waals surface area contributed by atoms with E-state index in [1.807, 2.05) is 30.3 Å². The molecule has 1 aliphatic rings. The molecule has 0 spiro atoms. The summed E-state index contributed by atoms with van der Waals surface area (Å²) in [6.07, 6.45) is 1.37. The van der Waals surface area contributed by atoms with Gasteiger partial charge in [-0.25, -0.2) is 9.69 Å². The maximum atomic E-state index is 13.3. The average molecular weight is 608 g/mol. The topological polar surface area (TPSA) is 84.9 Å². The quantitative estimate of drug-likeness (QED) is 0.166. The number of barbiturate groups is 1. The number of nitrogens with one attached hydrogen (secondary N) is 1. The van der Waals surface area contributed by atoms with Crippen molar-refractivity contribution in [1.82, 2.24) is 5.32 Å². The Labute approximate surface area is 250 Å². The summed E-state index contributed by atoms with van der Waals surface area (Å²) in [6.45, 7) is 0.499. The van der Waals surface area contributed by atoms with Crippen LogP contribution < -0.4 is 19.7 Å². The molecular formula is C31H21Cl3N2O5. The van der Waals surface area contributed by atoms with E-state index >= 15 is 0 Å². The van der Waals surface area contributed by atoms with Crippen LogP contribution in [0.4, 0.5) is 10.5 Å². The fraction of sp³-hybridized carbons (Fsp3) is 0.0645. The number of urea groups is 1. The van der Waals surface area contributed by atoms with Crippen molar-refractivity contribution in [3.8, 4) is 11.5 Å². The number of carbonyl (C=O) groups is 3. The number of hydrogen-bond donors (Lipinski definition) is 1. The Morgan fingerprint density at radius 1 is 0.756 bits per heavy atom. The molecule has 41 heavy (non-hydrogen) atoms. The molecule has 4 aromatic carbocycles. The third-order valence-corrected chi connectivity index (χ3v) is 7.00. The number of carbonyl (C=O) groups excluding carboxylic acids is 3. The van der Waals surface area contributed by atoms with Gasteiger partial charge in [-0.2, -0.15) is 0 Å². The molecule has 1 saturated heterocycles. The van der Waals surface area contributed by atoms with Gasteiger partial charge in [0.15, 0.2) is 0 Å². The zero-order valence-corrected chi connectivity index (χ0v) is 23.5. The van der Waals surface area contributed by atoms with Crippen LogP contribution in [-0.4, -0.2) is 17.8 Å². The average Bonchev–Trinajstić information content (AvgIpc) is 2.95. The molecule has 7 nitrogen and oxygen atoms in total. The zero-order chi connectivity index (χ0) is 28.9. The van der Waals surface area contributed by atoms with Crippen LogP contribution in [0.25, 0.3) is 6.08 Å². The minimum atomic E-state index is -0.857. The highest BCUT2D eigenvalue weighted by atomic mass is 35.5. The van der Waals surface area contributed by atoms with E-state index in [0.717, 1.165) is 16.0 Å². The summed E-state index contributed by atoms with van der Waals surface area (Å²) in [6, 6.07) is 24.9. The van der Waals surface area contributed by atoms with Gasteiger partial charge in [-0.15, -0.1) is 0 Å². The van der Waals surface area contributed by atoms with E-state index in [-0.39, 0.29) is 29.5 Å². The number of hydrogen-bond acceptors (Lipinski definition) is 5. The third kappa shape index (κ3) is 6.72. The van der Waals surface area contributed by atoms with Gasteiger partial charge in [0.25, 0.3) is 11.8 Å². The number of imide groups is 2. The molecule has 1 heterocycles. The summed E-state index contributed by atoms with van der Waals surface area (Å²) >= 11 is 18.6. The van der Waals surface area contributed by atoms with Gasteiger partial charge in [-0.1, -0.05) is 71.2 Å². The number of halogens is 3. The predicted molar refractivity (Wildman–Crippen MR) is 158 cm³/mol. The lowest BCUT2D eigenvalue weighted by Gasteiger charge is -2.26. The summed E-state index contributed by atoms with van der Waals surface area (Å²) in [5.41, 5.74) is 2.19. The first-order chi connectivity index (χ1) is 19.8. The molecule has 1 fully saturated rings. The first-order valence-corrected chi connectivity index (χ1v) is 13.5. The van der Waals surface area contributed by atoms with Crippen molar-refractivity contribution < 1.29 is 23.9 Å². The number of rotatable bonds is 8. The highest BCUT2D eigenvalue weighted by Crippen LogP contribution is 2.29. The Bertz CT molecular complexity index is 1670. The number of amides is 4. The smallest absolute Gasteiger partial charge is 0.335 e. The Morgan fingerprint density at radius 2 is 1.54 bits per heavy atom. The largest absolute Gasteiger partial charge is 0.489 e. The van der Waals surface area contributed by atoms with Gasteiger partial charge in [-0.3, -0.25) is 14.9 Å². The van der Waals surface area contributed by atoms with Crippen LogP contribution in [0, 0.1) is 0 Å². The standard InChI is InChI=1S/C31H21Cl3N2O5/c32-22-6-3-4-20(14-22)17-41-28-13-8-19(16-27(28)34)15-25-29(37)35-31(39)36(30(25)38)23-9-11-24(12-10-23)40-18-21-5-1-2-7-26(21)33/h1-16H,17-18H2,(H,35,37,39)/b25-15+. The second-order valence-electron chi connectivity index (χ2n) is 8.94. The fourth-order valence-corrected chi connectivity index (χ4v) is 4.69. The van der Waals surface area contributed by atoms with E-state index in [1.165, 1.54) is 6.08 Å². The molecule has 4 amide bonds. The molecule has 10 heteroatoms. The van der Waals surface area contributed by atoms with E-state index in [9.17, 15) is 14.4 Å². The molecule has 0 saturated carbocycles. The van der Waals surface area contributed by atoms with Gasteiger partial charge in [0.1, 0.15) is 30.3 Å². The van der Waals surface area contributed by atoms with Gasteiger partial charge in [0, 0.05) is 15.6 Å². The second-order valence-corrected chi connectivity index (χ2v) is 10.2. The Kier molecular flexibility index (Phi) is 8.59. The molecule has 0 unspecified atom stereocenters. The molecule has 5 rings (SSSR count). The fourth-order valence-electron chi connectivity index (χ4n) is 4.04. The lowest BCUT2D eigenvalue weighted by molar-refractivity contribution is -0.122. The van der Waals surface area contributed by atoms with Crippen LogP contribution in [0.2, 0.25) is 15.1 Å². The predicted octanol–water partition coefficient (Wildman–Crippen LogP) is 7.47. The van der Waals surface area contributed by atoms with Crippen molar-refractivity contribution in [3.63, 3.8) is 0 Å². The minimum absolute atomic E-state index is 0.229. The van der Waals surface area contributed by atoms with Crippen LogP contribution in [0.5, 0.6) is 11.5 Å². The Hall–Kier alpha value is -4.30. The molecule has 0 aliphatic carbocycles. The summed E-state index contributed by atoms with van der Waals surface area (Å²) in [5.74, 6) is -0.659. The van der Waals surface area contributed by atoms with Crippen molar-refractivity contribution >= 4 is 64.4 Å². The van der Waals surface area contributed by atoms with E-state index in [2.05, 4.69) is 5.32 Å². The summed E-state index contributed by atoms with van der Waals surface area (Å²) in [4.78, 5) is 39.4. The summed E-state index contributed by atoms with van der Waals surface area (Å²) in [5, 5.41) is 3.68. The number of anilines is 1. The molecule has 1 N–H and O–H groups in total. The highest BCUT2D eigenvalue weighted by molar-refractivity contribution is 6.39. The maximum Gasteiger partial charge on any atom is 0.335 e. The minimum Gasteiger partial charge on any atom is -0.489 e. The number of benzene rings is 4. The first kappa shape index (κ1) is 28.2. The van der Waals surface area contributed by atoms with Gasteiger partial charge < -0.3 is 9.47 Å². The maximum absolute atomic E-state index is 13.3. The van der Waals surface area contributed by atoms with E-state index in [1.54, 1.807) is 60.7 Å². The SMILES string of the molecule is O=C1NC(=O)N(c2ccc(OCc3ccccc3Cl)cc2)C(=O)/C1=C/c1ccc(OCc2cccc(Cl)c2)c(Cl)c1. The van der Waals surface area contributed by atoms with E-state index < -0.39 is 17.8 Å².